The molecule has 2 aliphatic rings. The molecule has 0 aliphatic heterocycles. The molecule has 0 bridgehead atoms. The molecule has 4 heteroatoms. The minimum Gasteiger partial charge on any atom is -0.481 e. The van der Waals surface area contributed by atoms with Gasteiger partial charge in [-0.05, 0) is 38.5 Å². The van der Waals surface area contributed by atoms with E-state index in [9.17, 15) is 14.7 Å². The summed E-state index contributed by atoms with van der Waals surface area (Å²) in [5.74, 6) is -1.37. The number of aliphatic carboxylic acids is 1. The van der Waals surface area contributed by atoms with Crippen LogP contribution in [0.4, 0.5) is 0 Å². The molecule has 1 amide bonds. The van der Waals surface area contributed by atoms with Gasteiger partial charge < -0.3 is 10.4 Å². The standard InChI is InChI=1S/C14H23NO3/c1-9-7-10(11(8-9)13(17)18)12(16)15-14(2)5-3-4-6-14/h9-11H,3-8H2,1-2H3,(H,15,16)(H,17,18)/t9?,10-,11+/m0/s1. The number of carbonyl (C=O) groups excluding carboxylic acids is 1. The van der Waals surface area contributed by atoms with Crippen LogP contribution in [-0.4, -0.2) is 22.5 Å². The van der Waals surface area contributed by atoms with Crippen molar-refractivity contribution in [3.05, 3.63) is 0 Å². The molecule has 3 atom stereocenters. The van der Waals surface area contributed by atoms with Gasteiger partial charge in [-0.15, -0.1) is 0 Å². The lowest BCUT2D eigenvalue weighted by atomic mass is 9.92. The van der Waals surface area contributed by atoms with E-state index in [4.69, 9.17) is 0 Å². The van der Waals surface area contributed by atoms with Crippen LogP contribution in [0.25, 0.3) is 0 Å². The molecule has 0 radical (unpaired) electrons. The highest BCUT2D eigenvalue weighted by molar-refractivity contribution is 5.85. The fourth-order valence-electron chi connectivity index (χ4n) is 3.52. The Morgan fingerprint density at radius 1 is 1.17 bits per heavy atom. The molecule has 102 valence electrons. The smallest absolute Gasteiger partial charge is 0.307 e. The zero-order valence-electron chi connectivity index (χ0n) is 11.2. The predicted octanol–water partition coefficient (Wildman–Crippen LogP) is 2.18. The van der Waals surface area contributed by atoms with Crippen LogP contribution in [0.3, 0.4) is 0 Å². The van der Waals surface area contributed by atoms with Crippen LogP contribution in [0, 0.1) is 17.8 Å². The molecule has 2 rings (SSSR count). The zero-order valence-corrected chi connectivity index (χ0v) is 11.2. The van der Waals surface area contributed by atoms with Crippen molar-refractivity contribution in [3.63, 3.8) is 0 Å². The molecule has 0 aromatic heterocycles. The molecule has 0 saturated heterocycles. The molecule has 2 aliphatic carbocycles. The fraction of sp³-hybridized carbons (Fsp3) is 0.857. The number of nitrogens with one attached hydrogen (secondary N) is 1. The Hall–Kier alpha value is -1.06. The van der Waals surface area contributed by atoms with Crippen molar-refractivity contribution >= 4 is 11.9 Å². The number of carboxylic acids is 1. The van der Waals surface area contributed by atoms with Crippen LogP contribution in [0.2, 0.25) is 0 Å². The summed E-state index contributed by atoms with van der Waals surface area (Å²) in [6, 6.07) is 0. The van der Waals surface area contributed by atoms with E-state index in [1.807, 2.05) is 6.92 Å². The van der Waals surface area contributed by atoms with Gasteiger partial charge in [0, 0.05) is 5.54 Å². The lowest BCUT2D eigenvalue weighted by molar-refractivity contribution is -0.146. The molecule has 2 saturated carbocycles. The third-order valence-electron chi connectivity index (χ3n) is 4.58. The molecule has 2 fully saturated rings. The van der Waals surface area contributed by atoms with Crippen molar-refractivity contribution in [2.45, 2.75) is 57.9 Å². The third-order valence-corrected chi connectivity index (χ3v) is 4.58. The minimum absolute atomic E-state index is 0.0452. The second-order valence-corrected chi connectivity index (χ2v) is 6.38. The van der Waals surface area contributed by atoms with Crippen LogP contribution in [0.1, 0.15) is 52.4 Å². The average Bonchev–Trinajstić information content (AvgIpc) is 2.85. The van der Waals surface area contributed by atoms with Gasteiger partial charge in [-0.2, -0.15) is 0 Å². The van der Waals surface area contributed by atoms with E-state index in [0.717, 1.165) is 25.7 Å². The second kappa shape index (κ2) is 4.90. The molecule has 0 spiro atoms. The monoisotopic (exact) mass is 253 g/mol. The Kier molecular flexibility index (Phi) is 3.64. The lowest BCUT2D eigenvalue weighted by Gasteiger charge is -2.28. The summed E-state index contributed by atoms with van der Waals surface area (Å²) in [4.78, 5) is 23.5. The molecule has 2 N–H and O–H groups in total. The van der Waals surface area contributed by atoms with E-state index >= 15 is 0 Å². The Bertz CT molecular complexity index is 347. The van der Waals surface area contributed by atoms with E-state index < -0.39 is 11.9 Å². The molecule has 18 heavy (non-hydrogen) atoms. The van der Waals surface area contributed by atoms with E-state index in [2.05, 4.69) is 12.2 Å². The lowest BCUT2D eigenvalue weighted by Crippen LogP contribution is -2.47. The highest BCUT2D eigenvalue weighted by Crippen LogP contribution is 2.38. The zero-order chi connectivity index (χ0) is 13.3. The summed E-state index contributed by atoms with van der Waals surface area (Å²) in [7, 11) is 0. The number of carboxylic acid groups (broad SMARTS) is 1. The normalized spacial score (nSPS) is 34.4. The molecule has 4 nitrogen and oxygen atoms in total. The first-order chi connectivity index (χ1) is 8.41. The second-order valence-electron chi connectivity index (χ2n) is 6.38. The van der Waals surface area contributed by atoms with Gasteiger partial charge >= 0.3 is 5.97 Å². The van der Waals surface area contributed by atoms with Gasteiger partial charge in [0.25, 0.3) is 0 Å². The third kappa shape index (κ3) is 2.68. The topological polar surface area (TPSA) is 66.4 Å². The van der Waals surface area contributed by atoms with Crippen LogP contribution in [0.5, 0.6) is 0 Å². The molecular formula is C14H23NO3. The van der Waals surface area contributed by atoms with E-state index in [-0.39, 0.29) is 17.4 Å². The average molecular weight is 253 g/mol. The summed E-state index contributed by atoms with van der Waals surface area (Å²) >= 11 is 0. The number of hydrogen-bond donors (Lipinski definition) is 2. The quantitative estimate of drug-likeness (QED) is 0.810. The maximum absolute atomic E-state index is 12.3. The summed E-state index contributed by atoms with van der Waals surface area (Å²) in [5, 5.41) is 12.3. The summed E-state index contributed by atoms with van der Waals surface area (Å²) < 4.78 is 0. The molecule has 1 unspecified atom stereocenters. The largest absolute Gasteiger partial charge is 0.481 e. The van der Waals surface area contributed by atoms with Crippen molar-refractivity contribution in [1.29, 1.82) is 0 Å². The molecule has 0 heterocycles. The predicted molar refractivity (Wildman–Crippen MR) is 68.0 cm³/mol. The first-order valence-corrected chi connectivity index (χ1v) is 6.96. The minimum atomic E-state index is -0.823. The number of hydrogen-bond acceptors (Lipinski definition) is 2. The van der Waals surface area contributed by atoms with E-state index in [1.165, 1.54) is 0 Å². The molecule has 0 aromatic carbocycles. The van der Waals surface area contributed by atoms with E-state index in [1.54, 1.807) is 0 Å². The van der Waals surface area contributed by atoms with Gasteiger partial charge in [-0.1, -0.05) is 19.8 Å². The van der Waals surface area contributed by atoms with Gasteiger partial charge in [0.15, 0.2) is 0 Å². The van der Waals surface area contributed by atoms with Crippen molar-refractivity contribution < 1.29 is 14.7 Å². The number of carbonyl (C=O) groups is 2. The van der Waals surface area contributed by atoms with Gasteiger partial charge in [0.1, 0.15) is 0 Å². The Balaban J connectivity index is 2.01. The Labute approximate surface area is 108 Å². The van der Waals surface area contributed by atoms with Crippen molar-refractivity contribution in [1.82, 2.24) is 5.32 Å². The Morgan fingerprint density at radius 2 is 1.72 bits per heavy atom. The molecule has 0 aromatic rings. The SMILES string of the molecule is CC1C[C@H](C(=O)NC2(C)CCCC2)[C@H](C(=O)O)C1. The highest BCUT2D eigenvalue weighted by Gasteiger charge is 2.43. The van der Waals surface area contributed by atoms with Gasteiger partial charge in [0.05, 0.1) is 11.8 Å². The Morgan fingerprint density at radius 3 is 2.28 bits per heavy atom. The summed E-state index contributed by atoms with van der Waals surface area (Å²) in [5.41, 5.74) is -0.105. The number of amides is 1. The van der Waals surface area contributed by atoms with Gasteiger partial charge in [0.2, 0.25) is 5.91 Å². The van der Waals surface area contributed by atoms with Crippen molar-refractivity contribution in [2.75, 3.05) is 0 Å². The number of rotatable bonds is 3. The maximum Gasteiger partial charge on any atom is 0.307 e. The first-order valence-electron chi connectivity index (χ1n) is 6.96. The van der Waals surface area contributed by atoms with Gasteiger partial charge in [-0.3, -0.25) is 9.59 Å². The molecular weight excluding hydrogens is 230 g/mol. The first kappa shape index (κ1) is 13.4. The maximum atomic E-state index is 12.3. The van der Waals surface area contributed by atoms with Crippen LogP contribution < -0.4 is 5.32 Å². The fourth-order valence-corrected chi connectivity index (χ4v) is 3.52. The van der Waals surface area contributed by atoms with Crippen molar-refractivity contribution in [3.8, 4) is 0 Å². The van der Waals surface area contributed by atoms with Gasteiger partial charge in [-0.25, -0.2) is 0 Å². The summed E-state index contributed by atoms with van der Waals surface area (Å²) in [6.07, 6.45) is 5.67. The summed E-state index contributed by atoms with van der Waals surface area (Å²) in [6.45, 7) is 4.10. The van der Waals surface area contributed by atoms with Crippen LogP contribution in [0.15, 0.2) is 0 Å². The van der Waals surface area contributed by atoms with E-state index in [0.29, 0.717) is 18.8 Å². The van der Waals surface area contributed by atoms with Crippen molar-refractivity contribution in [2.24, 2.45) is 17.8 Å². The van der Waals surface area contributed by atoms with Crippen LogP contribution in [-0.2, 0) is 9.59 Å². The highest BCUT2D eigenvalue weighted by atomic mass is 16.4. The van der Waals surface area contributed by atoms with Crippen LogP contribution >= 0.6 is 0 Å².